The smallest absolute Gasteiger partial charge is 0.130 e. The Morgan fingerprint density at radius 2 is 2.03 bits per heavy atom. The Kier molecular flexibility index (Phi) is 6.38. The lowest BCUT2D eigenvalue weighted by atomic mass is 9.53. The highest BCUT2D eigenvalue weighted by Crippen LogP contribution is 2.51. The summed E-state index contributed by atoms with van der Waals surface area (Å²) in [7, 11) is 0. The molecule has 1 aromatic heterocycles. The number of halogens is 1. The van der Waals surface area contributed by atoms with Crippen LogP contribution in [0.15, 0.2) is 48.7 Å². The van der Waals surface area contributed by atoms with E-state index in [1.165, 1.54) is 37.8 Å². The summed E-state index contributed by atoms with van der Waals surface area (Å²) in [6.45, 7) is 3.94. The summed E-state index contributed by atoms with van der Waals surface area (Å²) in [5.41, 5.74) is 9.21. The van der Waals surface area contributed by atoms with Gasteiger partial charge in [-0.05, 0) is 73.3 Å². The molecular formula is C27H33FN2O. The molecule has 2 fully saturated rings. The number of pyridine rings is 1. The molecule has 2 aliphatic rings. The Bertz CT molecular complexity index is 954. The second kappa shape index (κ2) is 9.04. The van der Waals surface area contributed by atoms with Crippen molar-refractivity contribution in [3.8, 4) is 11.1 Å². The quantitative estimate of drug-likeness (QED) is 0.641. The zero-order valence-corrected chi connectivity index (χ0v) is 18.6. The molecule has 0 amide bonds. The van der Waals surface area contributed by atoms with Crippen molar-refractivity contribution in [2.45, 2.75) is 57.9 Å². The van der Waals surface area contributed by atoms with Crippen molar-refractivity contribution >= 4 is 11.9 Å². The monoisotopic (exact) mass is 420 g/mol. The highest BCUT2D eigenvalue weighted by atomic mass is 19.1. The van der Waals surface area contributed by atoms with E-state index in [1.807, 2.05) is 24.3 Å². The normalized spacial score (nSPS) is 30.8. The number of hydrogen-bond donors (Lipinski definition) is 1. The van der Waals surface area contributed by atoms with Crippen molar-refractivity contribution in [2.24, 2.45) is 29.4 Å². The fourth-order valence-corrected chi connectivity index (χ4v) is 6.06. The predicted molar refractivity (Wildman–Crippen MR) is 124 cm³/mol. The van der Waals surface area contributed by atoms with Crippen LogP contribution in [0.2, 0.25) is 0 Å². The maximum Gasteiger partial charge on any atom is 0.130 e. The molecule has 5 atom stereocenters. The molecule has 2 saturated carbocycles. The Balaban J connectivity index is 1.61. The summed E-state index contributed by atoms with van der Waals surface area (Å²) < 4.78 is 13.5. The van der Waals surface area contributed by atoms with E-state index in [0.29, 0.717) is 24.2 Å². The lowest BCUT2D eigenvalue weighted by Crippen LogP contribution is -2.60. The minimum absolute atomic E-state index is 0.159. The van der Waals surface area contributed by atoms with Crippen molar-refractivity contribution in [2.75, 3.05) is 0 Å². The molecule has 0 spiro atoms. The first-order chi connectivity index (χ1) is 14.9. The molecule has 0 aliphatic heterocycles. The molecule has 1 heterocycles. The number of nitrogens with two attached hydrogens (primary N) is 1. The van der Waals surface area contributed by atoms with Crippen LogP contribution in [-0.4, -0.2) is 16.3 Å². The first-order valence-electron chi connectivity index (χ1n) is 11.6. The van der Waals surface area contributed by atoms with Gasteiger partial charge < -0.3 is 10.5 Å². The molecular weight excluding hydrogens is 387 g/mol. The maximum atomic E-state index is 13.5. The number of rotatable bonds is 5. The van der Waals surface area contributed by atoms with Crippen molar-refractivity contribution in [1.29, 1.82) is 0 Å². The van der Waals surface area contributed by atoms with Gasteiger partial charge in [-0.25, -0.2) is 4.39 Å². The van der Waals surface area contributed by atoms with Gasteiger partial charge in [-0.3, -0.25) is 4.98 Å². The number of Topliss-reactive ketones (excluding diaryl/α,β-unsaturated/α-hetero) is 1. The molecule has 4 heteroatoms. The number of benzene rings is 1. The summed E-state index contributed by atoms with van der Waals surface area (Å²) in [4.78, 5) is 16.6. The molecule has 2 aliphatic carbocycles. The van der Waals surface area contributed by atoms with Gasteiger partial charge in [0.1, 0.15) is 11.6 Å². The second-order valence-corrected chi connectivity index (χ2v) is 9.69. The van der Waals surface area contributed by atoms with Gasteiger partial charge in [0.2, 0.25) is 0 Å². The van der Waals surface area contributed by atoms with Gasteiger partial charge in [0, 0.05) is 23.7 Å². The Morgan fingerprint density at radius 3 is 2.74 bits per heavy atom. The van der Waals surface area contributed by atoms with Crippen molar-refractivity contribution < 1.29 is 9.18 Å². The van der Waals surface area contributed by atoms with Gasteiger partial charge in [0.25, 0.3) is 0 Å². The van der Waals surface area contributed by atoms with E-state index < -0.39 is 5.54 Å². The third kappa shape index (κ3) is 4.64. The van der Waals surface area contributed by atoms with Gasteiger partial charge >= 0.3 is 0 Å². The summed E-state index contributed by atoms with van der Waals surface area (Å²) >= 11 is 0. The van der Waals surface area contributed by atoms with Crippen LogP contribution >= 0.6 is 0 Å². The van der Waals surface area contributed by atoms with Crippen LogP contribution in [0.5, 0.6) is 0 Å². The highest BCUT2D eigenvalue weighted by molar-refractivity contribution is 5.76. The van der Waals surface area contributed by atoms with Crippen LogP contribution in [0.3, 0.4) is 0 Å². The van der Waals surface area contributed by atoms with Crippen molar-refractivity contribution in [3.05, 3.63) is 60.2 Å². The number of nitrogens with zero attached hydrogens (tertiary/aromatic N) is 1. The lowest BCUT2D eigenvalue weighted by Gasteiger charge is -2.54. The molecule has 5 unspecified atom stereocenters. The topological polar surface area (TPSA) is 56.0 Å². The number of ketones is 1. The number of carbonyl (C=O) groups is 1. The Hall–Kier alpha value is -2.33. The van der Waals surface area contributed by atoms with E-state index in [9.17, 15) is 9.18 Å². The lowest BCUT2D eigenvalue weighted by molar-refractivity contribution is -0.120. The van der Waals surface area contributed by atoms with E-state index in [-0.39, 0.29) is 17.5 Å². The fraction of sp³-hybridized carbons (Fsp3) is 0.481. The standard InChI is InChI=1S/C27H33FN2O/c1-18-14-21-6-3-4-9-25(21)27(29,26(18)15-19(2)31)13-12-24-11-10-22(17-30-24)20-7-5-8-23(28)16-20/h5,7-8,10-13,16-18,21,25-26H,3-4,6,9,14-15,29H2,1-2H3/b13-12+. The predicted octanol–water partition coefficient (Wildman–Crippen LogP) is 6.04. The summed E-state index contributed by atoms with van der Waals surface area (Å²) in [6.07, 6.45) is 12.5. The van der Waals surface area contributed by atoms with Crippen molar-refractivity contribution in [3.63, 3.8) is 0 Å². The fourth-order valence-electron chi connectivity index (χ4n) is 6.06. The van der Waals surface area contributed by atoms with E-state index in [2.05, 4.69) is 18.0 Å². The van der Waals surface area contributed by atoms with Gasteiger partial charge in [-0.2, -0.15) is 0 Å². The molecule has 1 aromatic carbocycles. The molecule has 164 valence electrons. The second-order valence-electron chi connectivity index (χ2n) is 9.69. The SMILES string of the molecule is CC(=O)CC1C(C)CC2CCCCC2C1(N)/C=C/c1ccc(-c2cccc(F)c2)cn1. The molecule has 31 heavy (non-hydrogen) atoms. The zero-order valence-electron chi connectivity index (χ0n) is 18.6. The van der Waals surface area contributed by atoms with Gasteiger partial charge in [0.15, 0.2) is 0 Å². The van der Waals surface area contributed by atoms with E-state index in [0.717, 1.165) is 23.2 Å². The third-order valence-corrected chi connectivity index (χ3v) is 7.55. The summed E-state index contributed by atoms with van der Waals surface area (Å²) in [5, 5.41) is 0. The van der Waals surface area contributed by atoms with Crippen LogP contribution in [0, 0.1) is 29.5 Å². The average molecular weight is 421 g/mol. The largest absolute Gasteiger partial charge is 0.321 e. The van der Waals surface area contributed by atoms with Crippen molar-refractivity contribution in [1.82, 2.24) is 4.98 Å². The molecule has 0 saturated heterocycles. The van der Waals surface area contributed by atoms with Gasteiger partial charge in [-0.15, -0.1) is 0 Å². The van der Waals surface area contributed by atoms with Crippen LogP contribution in [0.25, 0.3) is 17.2 Å². The maximum absolute atomic E-state index is 13.5. The number of fused-ring (bicyclic) bond motifs is 1. The van der Waals surface area contributed by atoms with Gasteiger partial charge in [-0.1, -0.05) is 50.5 Å². The number of aromatic nitrogens is 1. The Morgan fingerprint density at radius 1 is 1.23 bits per heavy atom. The van der Waals surface area contributed by atoms with Crippen LogP contribution < -0.4 is 5.73 Å². The van der Waals surface area contributed by atoms with E-state index >= 15 is 0 Å². The number of hydrogen-bond acceptors (Lipinski definition) is 3. The Labute approximate surface area is 185 Å². The summed E-state index contributed by atoms with van der Waals surface area (Å²) in [6, 6.07) is 10.5. The summed E-state index contributed by atoms with van der Waals surface area (Å²) in [5.74, 6) is 1.62. The molecule has 3 nitrogen and oxygen atoms in total. The number of carbonyl (C=O) groups excluding carboxylic acids is 1. The van der Waals surface area contributed by atoms with Crippen LogP contribution in [0.1, 0.15) is 58.1 Å². The zero-order chi connectivity index (χ0) is 22.0. The van der Waals surface area contributed by atoms with Gasteiger partial charge in [0.05, 0.1) is 5.69 Å². The first kappa shape index (κ1) is 21.9. The van der Waals surface area contributed by atoms with E-state index in [4.69, 9.17) is 5.73 Å². The van der Waals surface area contributed by atoms with Crippen LogP contribution in [-0.2, 0) is 4.79 Å². The third-order valence-electron chi connectivity index (χ3n) is 7.55. The molecule has 2 aromatic rings. The highest BCUT2D eigenvalue weighted by Gasteiger charge is 2.50. The minimum Gasteiger partial charge on any atom is -0.321 e. The molecule has 0 bridgehead atoms. The van der Waals surface area contributed by atoms with E-state index in [1.54, 1.807) is 19.2 Å². The first-order valence-corrected chi connectivity index (χ1v) is 11.6. The molecule has 0 radical (unpaired) electrons. The van der Waals surface area contributed by atoms with Crippen LogP contribution in [0.4, 0.5) is 4.39 Å². The molecule has 2 N–H and O–H groups in total. The average Bonchev–Trinajstić information content (AvgIpc) is 2.76. The minimum atomic E-state index is -0.489. The molecule has 4 rings (SSSR count).